The van der Waals surface area contributed by atoms with Gasteiger partial charge in [0.1, 0.15) is 5.82 Å². The Balaban J connectivity index is 1.84. The van der Waals surface area contributed by atoms with Crippen LogP contribution in [0, 0.1) is 5.82 Å². The summed E-state index contributed by atoms with van der Waals surface area (Å²) < 4.78 is 17.7. The highest BCUT2D eigenvalue weighted by atomic mass is 35.5. The van der Waals surface area contributed by atoms with Crippen molar-refractivity contribution in [2.75, 3.05) is 17.7 Å². The zero-order valence-electron chi connectivity index (χ0n) is 13.6. The van der Waals surface area contributed by atoms with E-state index in [1.807, 2.05) is 0 Å². The number of hydrogen-bond acceptors (Lipinski definition) is 4. The van der Waals surface area contributed by atoms with Gasteiger partial charge in [-0.25, -0.2) is 9.18 Å². The van der Waals surface area contributed by atoms with Crippen LogP contribution < -0.4 is 5.32 Å². The average Bonchev–Trinajstić information content (AvgIpc) is 2.57. The summed E-state index contributed by atoms with van der Waals surface area (Å²) in [5, 5.41) is 2.94. The maximum absolute atomic E-state index is 12.8. The third-order valence-corrected chi connectivity index (χ3v) is 4.48. The largest absolute Gasteiger partial charge is 0.462 e. The van der Waals surface area contributed by atoms with Gasteiger partial charge in [-0.1, -0.05) is 23.7 Å². The highest BCUT2D eigenvalue weighted by Gasteiger charge is 2.12. The number of carbonyl (C=O) groups is 2. The quantitative estimate of drug-likeness (QED) is 0.716. The number of carbonyl (C=O) groups excluding carboxylic acids is 2. The molecule has 0 fully saturated rings. The first-order chi connectivity index (χ1) is 12.0. The van der Waals surface area contributed by atoms with Crippen LogP contribution in [0.25, 0.3) is 0 Å². The summed E-state index contributed by atoms with van der Waals surface area (Å²) in [7, 11) is 0. The molecule has 0 spiro atoms. The third-order valence-electron chi connectivity index (χ3n) is 3.16. The first-order valence-electron chi connectivity index (χ1n) is 7.58. The molecule has 4 nitrogen and oxygen atoms in total. The summed E-state index contributed by atoms with van der Waals surface area (Å²) in [5.41, 5.74) is 1.71. The van der Waals surface area contributed by atoms with Crippen LogP contribution in [-0.2, 0) is 15.3 Å². The van der Waals surface area contributed by atoms with Gasteiger partial charge in [0.25, 0.3) is 0 Å². The van der Waals surface area contributed by atoms with Gasteiger partial charge in [-0.15, -0.1) is 11.8 Å². The van der Waals surface area contributed by atoms with E-state index >= 15 is 0 Å². The van der Waals surface area contributed by atoms with Crippen LogP contribution in [-0.4, -0.2) is 24.2 Å². The second kappa shape index (κ2) is 9.44. The molecule has 0 bridgehead atoms. The van der Waals surface area contributed by atoms with Gasteiger partial charge in [0, 0.05) is 11.4 Å². The SMILES string of the molecule is CCOC(=O)c1ccc(NC(=O)CSCc2ccc(F)cc2)cc1Cl. The summed E-state index contributed by atoms with van der Waals surface area (Å²) in [6, 6.07) is 10.8. The Bertz CT molecular complexity index is 752. The lowest BCUT2D eigenvalue weighted by Gasteiger charge is -2.08. The predicted octanol–water partition coefficient (Wildman–Crippen LogP) is 4.53. The van der Waals surface area contributed by atoms with Crippen molar-refractivity contribution in [2.24, 2.45) is 0 Å². The van der Waals surface area contributed by atoms with Gasteiger partial charge in [-0.3, -0.25) is 4.79 Å². The molecule has 0 aliphatic heterocycles. The van der Waals surface area contributed by atoms with E-state index in [-0.39, 0.29) is 34.7 Å². The minimum Gasteiger partial charge on any atom is -0.462 e. The van der Waals surface area contributed by atoms with Gasteiger partial charge < -0.3 is 10.1 Å². The van der Waals surface area contributed by atoms with Crippen LogP contribution in [0.15, 0.2) is 42.5 Å². The summed E-state index contributed by atoms with van der Waals surface area (Å²) in [5.74, 6) is -0.118. The van der Waals surface area contributed by atoms with Crippen LogP contribution in [0.4, 0.5) is 10.1 Å². The number of thioether (sulfide) groups is 1. The van der Waals surface area contributed by atoms with Crippen molar-refractivity contribution in [1.82, 2.24) is 0 Å². The number of ether oxygens (including phenoxy) is 1. The molecule has 0 saturated heterocycles. The van der Waals surface area contributed by atoms with Crippen molar-refractivity contribution in [3.8, 4) is 0 Å². The number of anilines is 1. The standard InChI is InChI=1S/C18H17ClFNO3S/c1-2-24-18(23)15-8-7-14(9-16(15)19)21-17(22)11-25-10-12-3-5-13(20)6-4-12/h3-9H,2,10-11H2,1H3,(H,21,22). The summed E-state index contributed by atoms with van der Waals surface area (Å²) >= 11 is 7.47. The number of rotatable bonds is 7. The third kappa shape index (κ3) is 6.07. The lowest BCUT2D eigenvalue weighted by molar-refractivity contribution is -0.113. The molecule has 0 aliphatic carbocycles. The fraction of sp³-hybridized carbons (Fsp3) is 0.222. The number of benzene rings is 2. The van der Waals surface area contributed by atoms with Crippen molar-refractivity contribution in [3.05, 3.63) is 64.4 Å². The van der Waals surface area contributed by atoms with E-state index in [1.54, 1.807) is 25.1 Å². The van der Waals surface area contributed by atoms with Crippen molar-refractivity contribution in [3.63, 3.8) is 0 Å². The van der Waals surface area contributed by atoms with E-state index in [9.17, 15) is 14.0 Å². The molecular formula is C18H17ClFNO3S. The van der Waals surface area contributed by atoms with Crippen molar-refractivity contribution >= 4 is 40.9 Å². The molecule has 0 radical (unpaired) electrons. The molecule has 0 unspecified atom stereocenters. The fourth-order valence-electron chi connectivity index (χ4n) is 2.01. The first-order valence-corrected chi connectivity index (χ1v) is 9.11. The molecule has 0 aromatic heterocycles. The molecule has 1 amide bonds. The topological polar surface area (TPSA) is 55.4 Å². The highest BCUT2D eigenvalue weighted by Crippen LogP contribution is 2.22. The van der Waals surface area contributed by atoms with E-state index in [0.29, 0.717) is 11.4 Å². The number of halogens is 2. The van der Waals surface area contributed by atoms with E-state index in [1.165, 1.54) is 36.0 Å². The van der Waals surface area contributed by atoms with Crippen molar-refractivity contribution in [1.29, 1.82) is 0 Å². The summed E-state index contributed by atoms with van der Waals surface area (Å²) in [6.07, 6.45) is 0. The molecule has 1 N–H and O–H groups in total. The Morgan fingerprint density at radius 1 is 1.20 bits per heavy atom. The van der Waals surface area contributed by atoms with Gasteiger partial charge in [0.2, 0.25) is 5.91 Å². The van der Waals surface area contributed by atoms with Crippen LogP contribution >= 0.6 is 23.4 Å². The van der Waals surface area contributed by atoms with Crippen molar-refractivity contribution in [2.45, 2.75) is 12.7 Å². The van der Waals surface area contributed by atoms with Crippen LogP contribution in [0.2, 0.25) is 5.02 Å². The Labute approximate surface area is 154 Å². The molecule has 0 aliphatic rings. The maximum atomic E-state index is 12.8. The average molecular weight is 382 g/mol. The number of esters is 1. The molecule has 25 heavy (non-hydrogen) atoms. The molecule has 0 heterocycles. The lowest BCUT2D eigenvalue weighted by atomic mass is 10.2. The maximum Gasteiger partial charge on any atom is 0.339 e. The monoisotopic (exact) mass is 381 g/mol. The van der Waals surface area contributed by atoms with E-state index in [0.717, 1.165) is 5.56 Å². The van der Waals surface area contributed by atoms with Crippen molar-refractivity contribution < 1.29 is 18.7 Å². The smallest absolute Gasteiger partial charge is 0.339 e. The Hall–Kier alpha value is -2.05. The van der Waals surface area contributed by atoms with Gasteiger partial charge in [-0.05, 0) is 42.8 Å². The summed E-state index contributed by atoms with van der Waals surface area (Å²) in [6.45, 7) is 1.98. The number of nitrogens with one attached hydrogen (secondary N) is 1. The van der Waals surface area contributed by atoms with Gasteiger partial charge in [0.15, 0.2) is 0 Å². The highest BCUT2D eigenvalue weighted by molar-refractivity contribution is 7.99. The van der Waals surface area contributed by atoms with Crippen LogP contribution in [0.1, 0.15) is 22.8 Å². The second-order valence-electron chi connectivity index (χ2n) is 5.08. The molecular weight excluding hydrogens is 365 g/mol. The molecule has 0 saturated carbocycles. The van der Waals surface area contributed by atoms with Crippen LogP contribution in [0.5, 0.6) is 0 Å². The zero-order valence-corrected chi connectivity index (χ0v) is 15.1. The first kappa shape index (κ1) is 19.3. The Morgan fingerprint density at radius 2 is 1.92 bits per heavy atom. The minimum atomic E-state index is -0.500. The molecule has 0 atom stereocenters. The summed E-state index contributed by atoms with van der Waals surface area (Å²) in [4.78, 5) is 23.6. The minimum absolute atomic E-state index is 0.188. The molecule has 2 rings (SSSR count). The molecule has 2 aromatic carbocycles. The fourth-order valence-corrected chi connectivity index (χ4v) is 3.05. The predicted molar refractivity (Wildman–Crippen MR) is 98.6 cm³/mol. The van der Waals surface area contributed by atoms with Gasteiger partial charge in [-0.2, -0.15) is 0 Å². The van der Waals surface area contributed by atoms with Gasteiger partial charge >= 0.3 is 5.97 Å². The van der Waals surface area contributed by atoms with E-state index in [2.05, 4.69) is 5.32 Å². The lowest BCUT2D eigenvalue weighted by Crippen LogP contribution is -2.14. The second-order valence-corrected chi connectivity index (χ2v) is 6.48. The number of hydrogen-bond donors (Lipinski definition) is 1. The molecule has 2 aromatic rings. The van der Waals surface area contributed by atoms with Crippen LogP contribution in [0.3, 0.4) is 0 Å². The molecule has 132 valence electrons. The molecule has 7 heteroatoms. The number of amides is 1. The van der Waals surface area contributed by atoms with E-state index < -0.39 is 5.97 Å². The Morgan fingerprint density at radius 3 is 2.56 bits per heavy atom. The van der Waals surface area contributed by atoms with E-state index in [4.69, 9.17) is 16.3 Å². The Kier molecular flexibility index (Phi) is 7.28. The zero-order chi connectivity index (χ0) is 18.2. The normalized spacial score (nSPS) is 10.4. The van der Waals surface area contributed by atoms with Gasteiger partial charge in [0.05, 0.1) is 22.9 Å².